The Labute approximate surface area is 199 Å². The summed E-state index contributed by atoms with van der Waals surface area (Å²) in [6.45, 7) is 0. The molecule has 0 atom stereocenters. The molecule has 1 N–H and O–H groups in total. The van der Waals surface area contributed by atoms with E-state index in [2.05, 4.69) is 15.4 Å². The number of thiazole rings is 1. The second-order valence-electron chi connectivity index (χ2n) is 7.40. The van der Waals surface area contributed by atoms with Crippen LogP contribution in [0.15, 0.2) is 85.1 Å². The number of carbonyl (C=O) groups excluding carboxylic acids is 1. The molecule has 0 saturated heterocycles. The number of nitrogens with zero attached hydrogens (tertiary/aromatic N) is 3. The van der Waals surface area contributed by atoms with Crippen LogP contribution >= 0.6 is 11.3 Å². The maximum absolute atomic E-state index is 13.4. The van der Waals surface area contributed by atoms with E-state index in [1.54, 1.807) is 30.0 Å². The summed E-state index contributed by atoms with van der Waals surface area (Å²) in [6, 6.07) is 21.3. The smallest absolute Gasteiger partial charge is 0.250 e. The summed E-state index contributed by atoms with van der Waals surface area (Å²) >= 11 is 1.37. The van der Waals surface area contributed by atoms with E-state index in [1.165, 1.54) is 29.5 Å². The van der Waals surface area contributed by atoms with E-state index in [1.807, 2.05) is 54.7 Å². The van der Waals surface area contributed by atoms with Gasteiger partial charge in [0.15, 0.2) is 5.13 Å². The Balaban J connectivity index is 1.42. The molecule has 8 heteroatoms. The van der Waals surface area contributed by atoms with Gasteiger partial charge in [0, 0.05) is 23.4 Å². The predicted molar refractivity (Wildman–Crippen MR) is 133 cm³/mol. The van der Waals surface area contributed by atoms with Gasteiger partial charge in [0.25, 0.3) is 0 Å². The monoisotopic (exact) mass is 470 g/mol. The number of ether oxygens (including phenoxy) is 1. The van der Waals surface area contributed by atoms with E-state index in [0.717, 1.165) is 32.8 Å². The number of hydrogen-bond donors (Lipinski definition) is 1. The van der Waals surface area contributed by atoms with Crippen LogP contribution in [0.25, 0.3) is 33.2 Å². The third-order valence-electron chi connectivity index (χ3n) is 5.12. The first kappa shape index (κ1) is 21.5. The number of nitrogens with one attached hydrogen (secondary N) is 1. The molecular weight excluding hydrogens is 451 g/mol. The quantitative estimate of drug-likeness (QED) is 0.312. The third-order valence-corrected chi connectivity index (χ3v) is 6.05. The van der Waals surface area contributed by atoms with Crippen LogP contribution in [0, 0.1) is 5.82 Å². The van der Waals surface area contributed by atoms with Gasteiger partial charge in [-0.3, -0.25) is 10.1 Å². The van der Waals surface area contributed by atoms with Crippen LogP contribution in [-0.4, -0.2) is 27.8 Å². The first-order valence-corrected chi connectivity index (χ1v) is 11.3. The molecule has 34 heavy (non-hydrogen) atoms. The molecule has 0 bridgehead atoms. The summed E-state index contributed by atoms with van der Waals surface area (Å²) in [4.78, 5) is 17.1. The lowest BCUT2D eigenvalue weighted by Crippen LogP contribution is -2.07. The number of fused-ring (bicyclic) bond motifs is 1. The molecule has 0 spiro atoms. The van der Waals surface area contributed by atoms with Crippen LogP contribution in [0.3, 0.4) is 0 Å². The lowest BCUT2D eigenvalue weighted by molar-refractivity contribution is -0.111. The van der Waals surface area contributed by atoms with Gasteiger partial charge in [0.1, 0.15) is 11.6 Å². The van der Waals surface area contributed by atoms with E-state index in [-0.39, 0.29) is 11.7 Å². The van der Waals surface area contributed by atoms with Gasteiger partial charge in [-0.05, 0) is 60.7 Å². The van der Waals surface area contributed by atoms with Gasteiger partial charge in [0.05, 0.1) is 28.7 Å². The van der Waals surface area contributed by atoms with Gasteiger partial charge in [-0.25, -0.2) is 14.1 Å². The van der Waals surface area contributed by atoms with E-state index in [9.17, 15) is 9.18 Å². The number of anilines is 1. The highest BCUT2D eigenvalue weighted by Gasteiger charge is 2.12. The van der Waals surface area contributed by atoms with Crippen molar-refractivity contribution in [2.75, 3.05) is 12.4 Å². The summed E-state index contributed by atoms with van der Waals surface area (Å²) in [5.41, 5.74) is 3.77. The molecule has 6 nitrogen and oxygen atoms in total. The average molecular weight is 471 g/mol. The van der Waals surface area contributed by atoms with Gasteiger partial charge in [-0.1, -0.05) is 29.5 Å². The number of rotatable bonds is 6. The van der Waals surface area contributed by atoms with Crippen molar-refractivity contribution in [3.05, 3.63) is 96.4 Å². The van der Waals surface area contributed by atoms with Crippen LogP contribution < -0.4 is 10.1 Å². The van der Waals surface area contributed by atoms with Gasteiger partial charge in [0.2, 0.25) is 5.91 Å². The number of carbonyl (C=O) groups is 1. The van der Waals surface area contributed by atoms with Crippen LogP contribution in [0.1, 0.15) is 5.56 Å². The highest BCUT2D eigenvalue weighted by molar-refractivity contribution is 7.22. The molecule has 0 saturated carbocycles. The van der Waals surface area contributed by atoms with Crippen LogP contribution in [-0.2, 0) is 4.79 Å². The zero-order chi connectivity index (χ0) is 23.5. The first-order chi connectivity index (χ1) is 16.6. The summed E-state index contributed by atoms with van der Waals surface area (Å²) < 4.78 is 21.3. The topological polar surface area (TPSA) is 69.0 Å². The second kappa shape index (κ2) is 9.29. The van der Waals surface area contributed by atoms with Crippen molar-refractivity contribution >= 4 is 38.7 Å². The standard InChI is InChI=1S/C26H19FN4O2S/c1-33-21-12-13-22-23(15-21)34-26(28-22)29-24(32)14-9-18-16-31(20-5-3-2-4-6-20)30-25(18)17-7-10-19(27)11-8-17/h2-16H,1H3,(H,28,29,32)/b14-9+. The SMILES string of the molecule is COc1ccc2nc(NC(=O)/C=C/c3cn(-c4ccccc4)nc3-c3ccc(F)cc3)sc2c1. The fraction of sp³-hybridized carbons (Fsp3) is 0.0385. The molecule has 2 aromatic heterocycles. The van der Waals surface area contributed by atoms with Crippen molar-refractivity contribution < 1.29 is 13.9 Å². The van der Waals surface area contributed by atoms with Gasteiger partial charge in [-0.15, -0.1) is 0 Å². The molecule has 0 aliphatic carbocycles. The summed E-state index contributed by atoms with van der Waals surface area (Å²) in [5.74, 6) is 0.0948. The van der Waals surface area contributed by atoms with Crippen molar-refractivity contribution in [3.63, 3.8) is 0 Å². The molecule has 3 aromatic carbocycles. The molecule has 0 aliphatic rings. The van der Waals surface area contributed by atoms with Crippen LogP contribution in [0.2, 0.25) is 0 Å². The maximum atomic E-state index is 13.4. The highest BCUT2D eigenvalue weighted by Crippen LogP contribution is 2.29. The summed E-state index contributed by atoms with van der Waals surface area (Å²) in [6.07, 6.45) is 4.96. The van der Waals surface area contributed by atoms with Crippen LogP contribution in [0.5, 0.6) is 5.75 Å². The summed E-state index contributed by atoms with van der Waals surface area (Å²) in [5, 5.41) is 7.98. The Morgan fingerprint density at radius 1 is 1.09 bits per heavy atom. The zero-order valence-electron chi connectivity index (χ0n) is 18.1. The van der Waals surface area contributed by atoms with Crippen molar-refractivity contribution in [2.45, 2.75) is 0 Å². The molecule has 168 valence electrons. The molecule has 0 aliphatic heterocycles. The number of hydrogen-bond acceptors (Lipinski definition) is 5. The Morgan fingerprint density at radius 3 is 2.65 bits per heavy atom. The lowest BCUT2D eigenvalue weighted by atomic mass is 10.1. The Bertz CT molecular complexity index is 1490. The number of benzene rings is 3. The highest BCUT2D eigenvalue weighted by atomic mass is 32.1. The Hall–Kier alpha value is -4.30. The molecule has 2 heterocycles. The Morgan fingerprint density at radius 2 is 1.88 bits per heavy atom. The normalized spacial score (nSPS) is 11.2. The molecular formula is C26H19FN4O2S. The number of para-hydroxylation sites is 1. The number of amides is 1. The van der Waals surface area contributed by atoms with Gasteiger partial charge < -0.3 is 4.74 Å². The molecule has 1 amide bonds. The molecule has 0 fully saturated rings. The minimum Gasteiger partial charge on any atom is -0.497 e. The van der Waals surface area contributed by atoms with Gasteiger partial charge >= 0.3 is 0 Å². The summed E-state index contributed by atoms with van der Waals surface area (Å²) in [7, 11) is 1.61. The minimum absolute atomic E-state index is 0.316. The average Bonchev–Trinajstić information content (AvgIpc) is 3.47. The number of halogens is 1. The largest absolute Gasteiger partial charge is 0.497 e. The van der Waals surface area contributed by atoms with E-state index >= 15 is 0 Å². The van der Waals surface area contributed by atoms with Crippen molar-refractivity contribution in [2.24, 2.45) is 0 Å². The molecule has 5 aromatic rings. The molecule has 5 rings (SSSR count). The van der Waals surface area contributed by atoms with Gasteiger partial charge in [-0.2, -0.15) is 5.10 Å². The Kier molecular flexibility index (Phi) is 5.88. The van der Waals surface area contributed by atoms with Crippen molar-refractivity contribution in [1.29, 1.82) is 0 Å². The van der Waals surface area contributed by atoms with E-state index < -0.39 is 0 Å². The first-order valence-electron chi connectivity index (χ1n) is 10.4. The minimum atomic E-state index is -0.323. The molecule has 0 radical (unpaired) electrons. The fourth-order valence-corrected chi connectivity index (χ4v) is 4.35. The lowest BCUT2D eigenvalue weighted by Gasteiger charge is -2.00. The predicted octanol–water partition coefficient (Wildman–Crippen LogP) is 5.95. The van der Waals surface area contributed by atoms with Crippen LogP contribution in [0.4, 0.5) is 9.52 Å². The second-order valence-corrected chi connectivity index (χ2v) is 8.43. The third kappa shape index (κ3) is 4.57. The van der Waals surface area contributed by atoms with E-state index in [4.69, 9.17) is 4.74 Å². The van der Waals surface area contributed by atoms with E-state index in [0.29, 0.717) is 10.8 Å². The van der Waals surface area contributed by atoms with Crippen molar-refractivity contribution in [1.82, 2.24) is 14.8 Å². The maximum Gasteiger partial charge on any atom is 0.250 e. The van der Waals surface area contributed by atoms with Crippen molar-refractivity contribution in [3.8, 4) is 22.7 Å². The molecule has 0 unspecified atom stereocenters. The number of aromatic nitrogens is 3. The fourth-order valence-electron chi connectivity index (χ4n) is 3.45. The number of methoxy groups -OCH3 is 1. The zero-order valence-corrected chi connectivity index (χ0v) is 18.9.